The molecule has 96 valence electrons. The number of aryl methyl sites for hydroxylation is 1. The summed E-state index contributed by atoms with van der Waals surface area (Å²) in [4.78, 5) is 17.9. The third kappa shape index (κ3) is 1.90. The van der Waals surface area contributed by atoms with Gasteiger partial charge in [-0.1, -0.05) is 6.07 Å². The first-order chi connectivity index (χ1) is 8.65. The van der Waals surface area contributed by atoms with Gasteiger partial charge in [-0.2, -0.15) is 0 Å². The molecule has 3 unspecified atom stereocenters. The Kier molecular flexibility index (Phi) is 2.82. The van der Waals surface area contributed by atoms with Crippen LogP contribution in [0.5, 0.6) is 0 Å². The standard InChI is InChI=1S/C14H18N2O2/c1-9-2-3-10(7-15-9)8-16-11-4-5-13(16)12(6-11)14(17)18/h2-3,7,11-13H,4-6,8H2,1H3,(H,17,18). The maximum Gasteiger partial charge on any atom is 0.308 e. The molecule has 3 atom stereocenters. The van der Waals surface area contributed by atoms with Gasteiger partial charge in [-0.05, 0) is 37.8 Å². The molecule has 1 aromatic heterocycles. The molecule has 2 fully saturated rings. The van der Waals surface area contributed by atoms with Gasteiger partial charge in [0.05, 0.1) is 5.92 Å². The van der Waals surface area contributed by atoms with E-state index in [4.69, 9.17) is 0 Å². The van der Waals surface area contributed by atoms with Gasteiger partial charge in [-0.25, -0.2) is 0 Å². The molecular formula is C14H18N2O2. The van der Waals surface area contributed by atoms with E-state index in [1.54, 1.807) is 0 Å². The normalized spacial score (nSPS) is 30.8. The molecule has 18 heavy (non-hydrogen) atoms. The zero-order valence-corrected chi connectivity index (χ0v) is 10.5. The Morgan fingerprint density at radius 1 is 1.50 bits per heavy atom. The Hall–Kier alpha value is -1.42. The predicted octanol–water partition coefficient (Wildman–Crippen LogP) is 1.83. The van der Waals surface area contributed by atoms with Crippen molar-refractivity contribution in [1.29, 1.82) is 0 Å². The number of rotatable bonds is 3. The Morgan fingerprint density at radius 3 is 2.94 bits per heavy atom. The summed E-state index contributed by atoms with van der Waals surface area (Å²) in [6.45, 7) is 2.82. The molecule has 1 aromatic rings. The summed E-state index contributed by atoms with van der Waals surface area (Å²) in [5.41, 5.74) is 2.20. The fourth-order valence-electron chi connectivity index (χ4n) is 3.42. The summed E-state index contributed by atoms with van der Waals surface area (Å²) in [6.07, 6.45) is 4.90. The Morgan fingerprint density at radius 2 is 2.33 bits per heavy atom. The fourth-order valence-corrected chi connectivity index (χ4v) is 3.42. The molecule has 2 aliphatic heterocycles. The molecule has 2 saturated heterocycles. The van der Waals surface area contributed by atoms with Crippen molar-refractivity contribution in [2.24, 2.45) is 5.92 Å². The number of carboxylic acid groups (broad SMARTS) is 1. The van der Waals surface area contributed by atoms with E-state index in [0.29, 0.717) is 6.04 Å². The van der Waals surface area contributed by atoms with Crippen LogP contribution in [-0.2, 0) is 11.3 Å². The van der Waals surface area contributed by atoms with Crippen molar-refractivity contribution in [3.05, 3.63) is 29.6 Å². The molecule has 0 aliphatic carbocycles. The smallest absolute Gasteiger partial charge is 0.308 e. The topological polar surface area (TPSA) is 53.4 Å². The molecule has 4 heteroatoms. The molecule has 4 nitrogen and oxygen atoms in total. The van der Waals surface area contributed by atoms with Crippen molar-refractivity contribution in [3.8, 4) is 0 Å². The zero-order valence-electron chi connectivity index (χ0n) is 10.5. The van der Waals surface area contributed by atoms with Crippen LogP contribution in [0.4, 0.5) is 0 Å². The van der Waals surface area contributed by atoms with Crippen LogP contribution < -0.4 is 0 Å². The monoisotopic (exact) mass is 246 g/mol. The van der Waals surface area contributed by atoms with E-state index in [1.807, 2.05) is 19.2 Å². The van der Waals surface area contributed by atoms with Gasteiger partial charge in [-0.3, -0.25) is 14.7 Å². The first kappa shape index (κ1) is 11.7. The summed E-state index contributed by atoms with van der Waals surface area (Å²) < 4.78 is 0. The van der Waals surface area contributed by atoms with Crippen molar-refractivity contribution in [2.45, 2.75) is 44.8 Å². The predicted molar refractivity (Wildman–Crippen MR) is 67.1 cm³/mol. The maximum atomic E-state index is 11.2. The highest BCUT2D eigenvalue weighted by molar-refractivity contribution is 5.71. The quantitative estimate of drug-likeness (QED) is 0.884. The number of aliphatic carboxylic acids is 1. The van der Waals surface area contributed by atoms with Crippen LogP contribution in [0.2, 0.25) is 0 Å². The van der Waals surface area contributed by atoms with Gasteiger partial charge in [0.1, 0.15) is 0 Å². The molecule has 0 aromatic carbocycles. The van der Waals surface area contributed by atoms with E-state index >= 15 is 0 Å². The Bertz CT molecular complexity index is 457. The van der Waals surface area contributed by atoms with E-state index in [1.165, 1.54) is 5.56 Å². The second kappa shape index (κ2) is 4.35. The molecule has 0 spiro atoms. The molecule has 2 aliphatic rings. The van der Waals surface area contributed by atoms with Crippen LogP contribution in [0, 0.1) is 12.8 Å². The van der Waals surface area contributed by atoms with Gasteiger partial charge in [-0.15, -0.1) is 0 Å². The first-order valence-electron chi connectivity index (χ1n) is 6.55. The van der Waals surface area contributed by atoms with Crippen LogP contribution >= 0.6 is 0 Å². The van der Waals surface area contributed by atoms with Crippen molar-refractivity contribution in [3.63, 3.8) is 0 Å². The van der Waals surface area contributed by atoms with Crippen LogP contribution in [0.3, 0.4) is 0 Å². The highest BCUT2D eigenvalue weighted by Gasteiger charge is 2.48. The summed E-state index contributed by atoms with van der Waals surface area (Å²) in [7, 11) is 0. The van der Waals surface area contributed by atoms with E-state index in [2.05, 4.69) is 16.0 Å². The number of fused-ring (bicyclic) bond motifs is 2. The number of carbonyl (C=O) groups is 1. The number of hydrogen-bond donors (Lipinski definition) is 1. The van der Waals surface area contributed by atoms with Gasteiger partial charge in [0.15, 0.2) is 0 Å². The van der Waals surface area contributed by atoms with E-state index in [-0.39, 0.29) is 12.0 Å². The lowest BCUT2D eigenvalue weighted by Gasteiger charge is -2.22. The van der Waals surface area contributed by atoms with Crippen molar-refractivity contribution >= 4 is 5.97 Å². The SMILES string of the molecule is Cc1ccc(CN2C3CCC2C(C(=O)O)C3)cn1. The van der Waals surface area contributed by atoms with Crippen LogP contribution in [0.1, 0.15) is 30.5 Å². The van der Waals surface area contributed by atoms with E-state index < -0.39 is 5.97 Å². The van der Waals surface area contributed by atoms with Gasteiger partial charge in [0.2, 0.25) is 0 Å². The summed E-state index contributed by atoms with van der Waals surface area (Å²) in [6, 6.07) is 4.80. The van der Waals surface area contributed by atoms with Crippen LogP contribution in [-0.4, -0.2) is 33.0 Å². The Labute approximate surface area is 107 Å². The van der Waals surface area contributed by atoms with Gasteiger partial charge in [0.25, 0.3) is 0 Å². The highest BCUT2D eigenvalue weighted by atomic mass is 16.4. The second-order valence-corrected chi connectivity index (χ2v) is 5.46. The van der Waals surface area contributed by atoms with Crippen LogP contribution in [0.25, 0.3) is 0 Å². The molecule has 3 rings (SSSR count). The molecule has 2 bridgehead atoms. The number of aromatic nitrogens is 1. The maximum absolute atomic E-state index is 11.2. The lowest BCUT2D eigenvalue weighted by molar-refractivity contribution is -0.142. The second-order valence-electron chi connectivity index (χ2n) is 5.46. The van der Waals surface area contributed by atoms with Crippen molar-refractivity contribution in [1.82, 2.24) is 9.88 Å². The third-order valence-corrected chi connectivity index (χ3v) is 4.34. The largest absolute Gasteiger partial charge is 0.481 e. The molecule has 0 radical (unpaired) electrons. The minimum absolute atomic E-state index is 0.165. The molecule has 0 amide bonds. The number of hydrogen-bond acceptors (Lipinski definition) is 3. The average molecular weight is 246 g/mol. The minimum Gasteiger partial charge on any atom is -0.481 e. The molecular weight excluding hydrogens is 228 g/mol. The van der Waals surface area contributed by atoms with Crippen molar-refractivity contribution in [2.75, 3.05) is 0 Å². The highest BCUT2D eigenvalue weighted by Crippen LogP contribution is 2.42. The van der Waals surface area contributed by atoms with Crippen LogP contribution in [0.15, 0.2) is 18.3 Å². The number of nitrogens with zero attached hydrogens (tertiary/aromatic N) is 2. The molecule has 3 heterocycles. The lowest BCUT2D eigenvalue weighted by Crippen LogP contribution is -2.32. The minimum atomic E-state index is -0.630. The first-order valence-corrected chi connectivity index (χ1v) is 6.55. The van der Waals surface area contributed by atoms with Crippen molar-refractivity contribution < 1.29 is 9.90 Å². The summed E-state index contributed by atoms with van der Waals surface area (Å²) >= 11 is 0. The van der Waals surface area contributed by atoms with Gasteiger partial charge < -0.3 is 5.11 Å². The number of pyridine rings is 1. The molecule has 1 N–H and O–H groups in total. The summed E-state index contributed by atoms with van der Waals surface area (Å²) in [5.74, 6) is -0.795. The average Bonchev–Trinajstić information content (AvgIpc) is 2.89. The van der Waals surface area contributed by atoms with Gasteiger partial charge >= 0.3 is 5.97 Å². The molecule has 0 saturated carbocycles. The number of carboxylic acids is 1. The Balaban J connectivity index is 1.74. The van der Waals surface area contributed by atoms with E-state index in [9.17, 15) is 9.90 Å². The zero-order chi connectivity index (χ0) is 12.7. The lowest BCUT2D eigenvalue weighted by atomic mass is 9.89. The third-order valence-electron chi connectivity index (χ3n) is 4.34. The van der Waals surface area contributed by atoms with E-state index in [0.717, 1.165) is 31.5 Å². The fraction of sp³-hybridized carbons (Fsp3) is 0.571. The summed E-state index contributed by atoms with van der Waals surface area (Å²) in [5, 5.41) is 9.22. The van der Waals surface area contributed by atoms with Gasteiger partial charge in [0, 0.05) is 30.5 Å².